The first-order valence-corrected chi connectivity index (χ1v) is 6.74. The average Bonchev–Trinajstić information content (AvgIpc) is 2.82. The number of nitrogens with one attached hydrogen (secondary N) is 3. The molecule has 0 aliphatic rings. The molecule has 5 heteroatoms. The summed E-state index contributed by atoms with van der Waals surface area (Å²) in [5.41, 5.74) is 1.94. The zero-order valence-electron chi connectivity index (χ0n) is 11.7. The minimum absolute atomic E-state index is 0.159. The van der Waals surface area contributed by atoms with Gasteiger partial charge in [-0.2, -0.15) is 0 Å². The maximum Gasteiger partial charge on any atom is 0.242 e. The highest BCUT2D eigenvalue weighted by Gasteiger charge is 2.15. The topological polar surface area (TPSA) is 74.0 Å². The monoisotopic (exact) mass is 273 g/mol. The number of hydrogen-bond acceptors (Lipinski definition) is 2. The van der Waals surface area contributed by atoms with E-state index in [0.717, 1.165) is 16.5 Å². The third kappa shape index (κ3) is 3.17. The summed E-state index contributed by atoms with van der Waals surface area (Å²) < 4.78 is 0. The first-order chi connectivity index (χ1) is 9.61. The van der Waals surface area contributed by atoms with Gasteiger partial charge in [-0.15, -0.1) is 0 Å². The molecule has 20 heavy (non-hydrogen) atoms. The van der Waals surface area contributed by atoms with Crippen molar-refractivity contribution in [3.05, 3.63) is 36.0 Å². The summed E-state index contributed by atoms with van der Waals surface area (Å²) in [5.74, 6) is -0.326. The third-order valence-corrected chi connectivity index (χ3v) is 3.15. The maximum atomic E-state index is 12.0. The number of aromatic nitrogens is 1. The van der Waals surface area contributed by atoms with E-state index < -0.39 is 6.04 Å². The maximum absolute atomic E-state index is 12.0. The van der Waals surface area contributed by atoms with Crippen LogP contribution >= 0.6 is 0 Å². The predicted molar refractivity (Wildman–Crippen MR) is 78.3 cm³/mol. The van der Waals surface area contributed by atoms with Crippen LogP contribution in [0.2, 0.25) is 0 Å². The predicted octanol–water partition coefficient (Wildman–Crippen LogP) is 1.35. The minimum atomic E-state index is -0.521. The summed E-state index contributed by atoms with van der Waals surface area (Å²) in [6.45, 7) is 4.08. The van der Waals surface area contributed by atoms with E-state index in [1.165, 1.54) is 0 Å². The summed E-state index contributed by atoms with van der Waals surface area (Å²) in [7, 11) is 0. The van der Waals surface area contributed by atoms with Crippen LogP contribution in [0.15, 0.2) is 30.5 Å². The Hall–Kier alpha value is -2.30. The van der Waals surface area contributed by atoms with Gasteiger partial charge in [-0.05, 0) is 25.5 Å². The molecule has 0 unspecified atom stereocenters. The molecule has 1 atom stereocenters. The highest BCUT2D eigenvalue weighted by Crippen LogP contribution is 2.17. The van der Waals surface area contributed by atoms with Crippen LogP contribution in [0.5, 0.6) is 0 Å². The van der Waals surface area contributed by atoms with Crippen molar-refractivity contribution >= 4 is 22.7 Å². The molecule has 2 aromatic rings. The molecule has 0 aliphatic carbocycles. The van der Waals surface area contributed by atoms with Crippen LogP contribution in [-0.4, -0.2) is 29.4 Å². The van der Waals surface area contributed by atoms with Crippen molar-refractivity contribution < 1.29 is 9.59 Å². The van der Waals surface area contributed by atoms with Crippen molar-refractivity contribution in [2.24, 2.45) is 0 Å². The molecule has 1 heterocycles. The summed E-state index contributed by atoms with van der Waals surface area (Å²) in [6, 6.07) is 7.30. The Balaban J connectivity index is 1.99. The molecule has 1 aromatic heterocycles. The molecule has 0 bridgehead atoms. The van der Waals surface area contributed by atoms with Crippen molar-refractivity contribution in [2.45, 2.75) is 26.3 Å². The molecule has 106 valence electrons. The van der Waals surface area contributed by atoms with Gasteiger partial charge in [0.05, 0.1) is 6.42 Å². The van der Waals surface area contributed by atoms with E-state index in [9.17, 15) is 9.59 Å². The second kappa shape index (κ2) is 6.23. The molecule has 3 N–H and O–H groups in total. The Morgan fingerprint density at radius 1 is 1.30 bits per heavy atom. The summed E-state index contributed by atoms with van der Waals surface area (Å²) >= 11 is 0. The highest BCUT2D eigenvalue weighted by atomic mass is 16.2. The Morgan fingerprint density at radius 3 is 2.80 bits per heavy atom. The normalized spacial score (nSPS) is 12.1. The Labute approximate surface area is 117 Å². The second-order valence-corrected chi connectivity index (χ2v) is 4.72. The third-order valence-electron chi connectivity index (χ3n) is 3.15. The van der Waals surface area contributed by atoms with Crippen LogP contribution in [0, 0.1) is 0 Å². The number of rotatable bonds is 5. The van der Waals surface area contributed by atoms with Crippen molar-refractivity contribution in [2.75, 3.05) is 6.54 Å². The van der Waals surface area contributed by atoms with Gasteiger partial charge in [0, 0.05) is 23.6 Å². The Morgan fingerprint density at radius 2 is 2.05 bits per heavy atom. The summed E-state index contributed by atoms with van der Waals surface area (Å²) in [6.07, 6.45) is 2.09. The highest BCUT2D eigenvalue weighted by molar-refractivity contribution is 5.91. The molecular weight excluding hydrogens is 254 g/mol. The zero-order valence-corrected chi connectivity index (χ0v) is 11.7. The smallest absolute Gasteiger partial charge is 0.242 e. The van der Waals surface area contributed by atoms with Gasteiger partial charge in [-0.25, -0.2) is 0 Å². The van der Waals surface area contributed by atoms with Crippen LogP contribution in [0.25, 0.3) is 10.9 Å². The molecule has 0 saturated heterocycles. The fourth-order valence-electron chi connectivity index (χ4n) is 2.14. The van der Waals surface area contributed by atoms with Crippen molar-refractivity contribution in [3.8, 4) is 0 Å². The lowest BCUT2D eigenvalue weighted by atomic mass is 10.1. The molecule has 2 amide bonds. The molecule has 1 aromatic carbocycles. The quantitative estimate of drug-likeness (QED) is 0.769. The number of para-hydroxylation sites is 1. The number of hydrogen-bond donors (Lipinski definition) is 3. The van der Waals surface area contributed by atoms with E-state index in [-0.39, 0.29) is 18.2 Å². The van der Waals surface area contributed by atoms with E-state index in [4.69, 9.17) is 0 Å². The number of amides is 2. The largest absolute Gasteiger partial charge is 0.361 e. The van der Waals surface area contributed by atoms with Gasteiger partial charge in [-0.1, -0.05) is 18.2 Å². The van der Waals surface area contributed by atoms with Gasteiger partial charge in [0.1, 0.15) is 6.04 Å². The van der Waals surface area contributed by atoms with Crippen LogP contribution < -0.4 is 10.6 Å². The van der Waals surface area contributed by atoms with Crippen molar-refractivity contribution in [3.63, 3.8) is 0 Å². The van der Waals surface area contributed by atoms with E-state index in [2.05, 4.69) is 15.6 Å². The average molecular weight is 273 g/mol. The molecular formula is C15H19N3O2. The van der Waals surface area contributed by atoms with Gasteiger partial charge < -0.3 is 15.6 Å². The van der Waals surface area contributed by atoms with Gasteiger partial charge in [0.15, 0.2) is 0 Å². The first kappa shape index (κ1) is 14.1. The van der Waals surface area contributed by atoms with E-state index in [1.807, 2.05) is 37.4 Å². The molecule has 0 aliphatic heterocycles. The fraction of sp³-hybridized carbons (Fsp3) is 0.333. The van der Waals surface area contributed by atoms with E-state index >= 15 is 0 Å². The van der Waals surface area contributed by atoms with Crippen LogP contribution in [-0.2, 0) is 16.0 Å². The molecule has 0 fully saturated rings. The first-order valence-electron chi connectivity index (χ1n) is 6.74. The van der Waals surface area contributed by atoms with Crippen LogP contribution in [0.1, 0.15) is 19.4 Å². The number of likely N-dealkylation sites (N-methyl/N-ethyl adjacent to an activating group) is 1. The molecule has 0 radical (unpaired) electrons. The van der Waals surface area contributed by atoms with Crippen molar-refractivity contribution in [1.29, 1.82) is 0 Å². The fourth-order valence-corrected chi connectivity index (χ4v) is 2.14. The number of H-pyrrole nitrogens is 1. The minimum Gasteiger partial charge on any atom is -0.361 e. The van der Waals surface area contributed by atoms with Gasteiger partial charge in [0.2, 0.25) is 11.8 Å². The number of benzene rings is 1. The van der Waals surface area contributed by atoms with Crippen LogP contribution in [0.4, 0.5) is 0 Å². The van der Waals surface area contributed by atoms with E-state index in [1.54, 1.807) is 6.92 Å². The number of fused-ring (bicyclic) bond motifs is 1. The van der Waals surface area contributed by atoms with Gasteiger partial charge in [-0.3, -0.25) is 9.59 Å². The standard InChI is InChI=1S/C15H19N3O2/c1-3-16-15(20)10(2)18-14(19)8-11-9-17-13-7-5-4-6-12(11)13/h4-7,9-10,17H,3,8H2,1-2H3,(H,16,20)(H,18,19)/t10-/m0/s1. The van der Waals surface area contributed by atoms with Crippen LogP contribution in [0.3, 0.4) is 0 Å². The summed E-state index contributed by atoms with van der Waals surface area (Å²) in [4.78, 5) is 26.7. The molecule has 5 nitrogen and oxygen atoms in total. The second-order valence-electron chi connectivity index (χ2n) is 4.72. The number of carbonyl (C=O) groups is 2. The van der Waals surface area contributed by atoms with Crippen molar-refractivity contribution in [1.82, 2.24) is 15.6 Å². The summed E-state index contributed by atoms with van der Waals surface area (Å²) in [5, 5.41) is 6.42. The molecule has 0 saturated carbocycles. The lowest BCUT2D eigenvalue weighted by Crippen LogP contribution is -2.45. The Kier molecular flexibility index (Phi) is 4.40. The number of carbonyl (C=O) groups excluding carboxylic acids is 2. The SMILES string of the molecule is CCNC(=O)[C@H](C)NC(=O)Cc1c[nH]c2ccccc12. The zero-order chi connectivity index (χ0) is 14.5. The van der Waals surface area contributed by atoms with Gasteiger partial charge in [0.25, 0.3) is 0 Å². The lowest BCUT2D eigenvalue weighted by molar-refractivity contribution is -0.128. The Bertz CT molecular complexity index is 618. The number of aromatic amines is 1. The van der Waals surface area contributed by atoms with Gasteiger partial charge >= 0.3 is 0 Å². The molecule has 0 spiro atoms. The van der Waals surface area contributed by atoms with E-state index in [0.29, 0.717) is 6.54 Å². The lowest BCUT2D eigenvalue weighted by Gasteiger charge is -2.13. The molecule has 2 rings (SSSR count).